The first kappa shape index (κ1) is 19.0. The van der Waals surface area contributed by atoms with Crippen molar-refractivity contribution < 1.29 is 9.53 Å². The average Bonchev–Trinajstić information content (AvgIpc) is 3.09. The number of benzene rings is 1. The Labute approximate surface area is 162 Å². The zero-order chi connectivity index (χ0) is 19.2. The Morgan fingerprint density at radius 2 is 2.04 bits per heavy atom. The largest absolute Gasteiger partial charge is 0.497 e. The van der Waals surface area contributed by atoms with Gasteiger partial charge in [0, 0.05) is 23.8 Å². The van der Waals surface area contributed by atoms with Crippen molar-refractivity contribution in [2.75, 3.05) is 13.7 Å². The number of amides is 1. The molecule has 1 aromatic carbocycles. The standard InChI is InChI=1S/C20H22N4O2S/c1-14-4-5-16(12-22-14)19(25)23-20-24(11-3-10-21)18(13-27-20)15-6-8-17(26-2)9-7-15/h4-9,12-13H,3,10-11,21H2,1-2H3. The Balaban J connectivity index is 2.00. The van der Waals surface area contributed by atoms with Gasteiger partial charge in [0.2, 0.25) is 0 Å². The van der Waals surface area contributed by atoms with Crippen molar-refractivity contribution in [3.63, 3.8) is 0 Å². The molecule has 1 amide bonds. The highest BCUT2D eigenvalue weighted by atomic mass is 32.1. The van der Waals surface area contributed by atoms with Gasteiger partial charge < -0.3 is 15.0 Å². The maximum atomic E-state index is 12.5. The fraction of sp³-hybridized carbons (Fsp3) is 0.250. The summed E-state index contributed by atoms with van der Waals surface area (Å²) in [4.78, 5) is 21.7. The highest BCUT2D eigenvalue weighted by molar-refractivity contribution is 7.07. The Kier molecular flexibility index (Phi) is 6.16. The molecule has 2 heterocycles. The van der Waals surface area contributed by atoms with Crippen molar-refractivity contribution in [1.82, 2.24) is 9.55 Å². The van der Waals surface area contributed by atoms with Crippen molar-refractivity contribution in [1.29, 1.82) is 0 Å². The number of nitrogens with zero attached hydrogens (tertiary/aromatic N) is 3. The minimum Gasteiger partial charge on any atom is -0.497 e. The molecule has 0 fully saturated rings. The fourth-order valence-corrected chi connectivity index (χ4v) is 3.56. The monoisotopic (exact) mass is 382 g/mol. The van der Waals surface area contributed by atoms with Gasteiger partial charge in [-0.1, -0.05) is 0 Å². The first-order chi connectivity index (χ1) is 13.1. The second-order valence-electron chi connectivity index (χ2n) is 6.03. The highest BCUT2D eigenvalue weighted by Crippen LogP contribution is 2.23. The zero-order valence-corrected chi connectivity index (χ0v) is 16.2. The lowest BCUT2D eigenvalue weighted by Crippen LogP contribution is -2.20. The van der Waals surface area contributed by atoms with Crippen molar-refractivity contribution in [3.8, 4) is 17.0 Å². The van der Waals surface area contributed by atoms with E-state index in [9.17, 15) is 4.79 Å². The van der Waals surface area contributed by atoms with Crippen LogP contribution in [0.1, 0.15) is 22.5 Å². The molecule has 0 aliphatic rings. The molecule has 0 spiro atoms. The number of pyridine rings is 1. The molecule has 140 valence electrons. The summed E-state index contributed by atoms with van der Waals surface area (Å²) in [6, 6.07) is 11.4. The summed E-state index contributed by atoms with van der Waals surface area (Å²) in [5, 5.41) is 2.01. The number of thiazole rings is 1. The van der Waals surface area contributed by atoms with Crippen LogP contribution in [0.15, 0.2) is 53.0 Å². The molecule has 0 bridgehead atoms. The van der Waals surface area contributed by atoms with Crippen LogP contribution in [0.4, 0.5) is 0 Å². The third kappa shape index (κ3) is 4.50. The number of aromatic nitrogens is 2. The SMILES string of the molecule is COc1ccc(-c2csc(=NC(=O)c3ccc(C)nc3)n2CCCN)cc1. The van der Waals surface area contributed by atoms with Crippen LogP contribution in [0, 0.1) is 6.92 Å². The van der Waals surface area contributed by atoms with E-state index in [4.69, 9.17) is 10.5 Å². The number of ether oxygens (including phenoxy) is 1. The van der Waals surface area contributed by atoms with Crippen molar-refractivity contribution in [2.24, 2.45) is 10.7 Å². The molecular weight excluding hydrogens is 360 g/mol. The average molecular weight is 382 g/mol. The molecule has 0 aliphatic heterocycles. The van der Waals surface area contributed by atoms with Crippen LogP contribution in [-0.2, 0) is 6.54 Å². The van der Waals surface area contributed by atoms with E-state index in [-0.39, 0.29) is 5.91 Å². The Hall–Kier alpha value is -2.77. The molecule has 3 rings (SSSR count). The van der Waals surface area contributed by atoms with Crippen LogP contribution >= 0.6 is 11.3 Å². The third-order valence-electron chi connectivity index (χ3n) is 4.12. The normalized spacial score (nSPS) is 11.6. The van der Waals surface area contributed by atoms with Gasteiger partial charge in [-0.25, -0.2) is 0 Å². The van der Waals surface area contributed by atoms with Gasteiger partial charge in [0.1, 0.15) is 5.75 Å². The van der Waals surface area contributed by atoms with Gasteiger partial charge >= 0.3 is 0 Å². The molecule has 0 aliphatic carbocycles. The number of hydrogen-bond donors (Lipinski definition) is 1. The molecule has 27 heavy (non-hydrogen) atoms. The minimum atomic E-state index is -0.299. The van der Waals surface area contributed by atoms with Gasteiger partial charge in [-0.05, 0) is 61.9 Å². The zero-order valence-electron chi connectivity index (χ0n) is 15.4. The third-order valence-corrected chi connectivity index (χ3v) is 4.99. The van der Waals surface area contributed by atoms with Crippen LogP contribution in [0.2, 0.25) is 0 Å². The first-order valence-electron chi connectivity index (χ1n) is 8.67. The maximum Gasteiger partial charge on any atom is 0.281 e. The second-order valence-corrected chi connectivity index (χ2v) is 6.87. The Morgan fingerprint density at radius 1 is 1.26 bits per heavy atom. The number of methoxy groups -OCH3 is 1. The molecule has 2 aromatic heterocycles. The van der Waals surface area contributed by atoms with E-state index in [1.165, 1.54) is 11.3 Å². The van der Waals surface area contributed by atoms with E-state index < -0.39 is 0 Å². The van der Waals surface area contributed by atoms with Crippen molar-refractivity contribution >= 4 is 17.2 Å². The molecule has 0 saturated heterocycles. The number of hydrogen-bond acceptors (Lipinski definition) is 5. The predicted molar refractivity (Wildman–Crippen MR) is 107 cm³/mol. The lowest BCUT2D eigenvalue weighted by molar-refractivity contribution is 0.0997. The van der Waals surface area contributed by atoms with E-state index in [2.05, 4.69) is 9.98 Å². The van der Waals surface area contributed by atoms with Crippen LogP contribution < -0.4 is 15.3 Å². The van der Waals surface area contributed by atoms with Crippen LogP contribution in [0.3, 0.4) is 0 Å². The molecule has 0 unspecified atom stereocenters. The van der Waals surface area contributed by atoms with E-state index in [0.29, 0.717) is 23.5 Å². The summed E-state index contributed by atoms with van der Waals surface area (Å²) in [6.07, 6.45) is 2.36. The van der Waals surface area contributed by atoms with Crippen LogP contribution in [-0.4, -0.2) is 29.1 Å². The number of rotatable bonds is 6. The molecular formula is C20H22N4O2S. The summed E-state index contributed by atoms with van der Waals surface area (Å²) in [5.74, 6) is 0.501. The predicted octanol–water partition coefficient (Wildman–Crippen LogP) is 3.02. The molecule has 6 nitrogen and oxygen atoms in total. The van der Waals surface area contributed by atoms with Crippen molar-refractivity contribution in [3.05, 3.63) is 64.0 Å². The first-order valence-corrected chi connectivity index (χ1v) is 9.55. The quantitative estimate of drug-likeness (QED) is 0.710. The molecule has 3 aromatic rings. The van der Waals surface area contributed by atoms with Crippen LogP contribution in [0.25, 0.3) is 11.3 Å². The summed E-state index contributed by atoms with van der Waals surface area (Å²) >= 11 is 1.44. The summed E-state index contributed by atoms with van der Waals surface area (Å²) < 4.78 is 7.27. The van der Waals surface area contributed by atoms with Gasteiger partial charge in [0.25, 0.3) is 5.91 Å². The van der Waals surface area contributed by atoms with Crippen molar-refractivity contribution in [2.45, 2.75) is 19.9 Å². The summed E-state index contributed by atoms with van der Waals surface area (Å²) in [7, 11) is 1.64. The molecule has 0 radical (unpaired) electrons. The molecule has 0 atom stereocenters. The molecule has 2 N–H and O–H groups in total. The Bertz CT molecular complexity index is 972. The topological polar surface area (TPSA) is 82.5 Å². The summed E-state index contributed by atoms with van der Waals surface area (Å²) in [6.45, 7) is 3.15. The van der Waals surface area contributed by atoms with E-state index in [1.54, 1.807) is 19.4 Å². The number of nitrogens with two attached hydrogens (primary N) is 1. The van der Waals surface area contributed by atoms with Gasteiger partial charge in [0.05, 0.1) is 18.4 Å². The minimum absolute atomic E-state index is 0.299. The molecule has 0 saturated carbocycles. The van der Waals surface area contributed by atoms with E-state index >= 15 is 0 Å². The second kappa shape index (κ2) is 8.75. The van der Waals surface area contributed by atoms with Gasteiger partial charge in [-0.15, -0.1) is 11.3 Å². The lowest BCUT2D eigenvalue weighted by atomic mass is 10.1. The smallest absolute Gasteiger partial charge is 0.281 e. The number of carbonyl (C=O) groups excluding carboxylic acids is 1. The van der Waals surface area contributed by atoms with Gasteiger partial charge in [-0.2, -0.15) is 4.99 Å². The molecule has 7 heteroatoms. The fourth-order valence-electron chi connectivity index (χ4n) is 2.62. The lowest BCUT2D eigenvalue weighted by Gasteiger charge is -2.09. The highest BCUT2D eigenvalue weighted by Gasteiger charge is 2.11. The maximum absolute atomic E-state index is 12.5. The Morgan fingerprint density at radius 3 is 2.67 bits per heavy atom. The number of carbonyl (C=O) groups is 1. The van der Waals surface area contributed by atoms with E-state index in [1.807, 2.05) is 47.2 Å². The van der Waals surface area contributed by atoms with Crippen LogP contribution in [0.5, 0.6) is 5.75 Å². The van der Waals surface area contributed by atoms with Gasteiger partial charge in [-0.3, -0.25) is 9.78 Å². The number of aryl methyl sites for hydroxylation is 1. The summed E-state index contributed by atoms with van der Waals surface area (Å²) in [5.41, 5.74) is 9.08. The van der Waals surface area contributed by atoms with Gasteiger partial charge in [0.15, 0.2) is 4.80 Å². The van der Waals surface area contributed by atoms with E-state index in [0.717, 1.165) is 29.1 Å².